The number of benzene rings is 3. The van der Waals surface area contributed by atoms with Gasteiger partial charge in [0.05, 0.1) is 12.3 Å². The fourth-order valence-electron chi connectivity index (χ4n) is 3.98. The quantitative estimate of drug-likeness (QED) is 0.350. The predicted molar refractivity (Wildman–Crippen MR) is 142 cm³/mol. The molecular formula is C28H25N5O4. The van der Waals surface area contributed by atoms with E-state index in [9.17, 15) is 9.59 Å². The van der Waals surface area contributed by atoms with Crippen LogP contribution in [0, 0.1) is 0 Å². The zero-order valence-electron chi connectivity index (χ0n) is 20.4. The largest absolute Gasteiger partial charge is 0.435 e. The van der Waals surface area contributed by atoms with Gasteiger partial charge in [0.15, 0.2) is 11.4 Å². The minimum Gasteiger partial charge on any atom is -0.435 e. The van der Waals surface area contributed by atoms with Crippen molar-refractivity contribution in [2.75, 3.05) is 25.5 Å². The van der Waals surface area contributed by atoms with Gasteiger partial charge in [-0.05, 0) is 48.5 Å². The van der Waals surface area contributed by atoms with Crippen LogP contribution in [0.4, 0.5) is 11.5 Å². The lowest BCUT2D eigenvalue weighted by molar-refractivity contribution is 0.0767. The topological polar surface area (TPSA) is 113 Å². The summed E-state index contributed by atoms with van der Waals surface area (Å²) in [6, 6.07) is 22.0. The number of anilines is 2. The monoisotopic (exact) mass is 495 g/mol. The summed E-state index contributed by atoms with van der Waals surface area (Å²) >= 11 is 0. The summed E-state index contributed by atoms with van der Waals surface area (Å²) in [5, 5.41) is 12.1. The number of amides is 1. The van der Waals surface area contributed by atoms with Crippen LogP contribution in [0.3, 0.4) is 0 Å². The second-order valence-corrected chi connectivity index (χ2v) is 8.58. The van der Waals surface area contributed by atoms with Gasteiger partial charge in [-0.1, -0.05) is 24.3 Å². The molecule has 0 aliphatic heterocycles. The Morgan fingerprint density at radius 2 is 1.78 bits per heavy atom. The first-order valence-corrected chi connectivity index (χ1v) is 11.7. The molecule has 0 saturated heterocycles. The van der Waals surface area contributed by atoms with E-state index >= 15 is 0 Å². The average Bonchev–Trinajstić information content (AvgIpc) is 3.36. The number of fused-ring (bicyclic) bond motifs is 1. The first-order chi connectivity index (χ1) is 17.9. The van der Waals surface area contributed by atoms with Gasteiger partial charge in [-0.25, -0.2) is 9.97 Å². The fourth-order valence-corrected chi connectivity index (χ4v) is 3.98. The fraction of sp³-hybridized carbons (Fsp3) is 0.143. The summed E-state index contributed by atoms with van der Waals surface area (Å²) in [5.74, 6) is 0.438. The minimum absolute atomic E-state index is 0.109. The molecule has 37 heavy (non-hydrogen) atoms. The summed E-state index contributed by atoms with van der Waals surface area (Å²) in [4.78, 5) is 36.0. The number of para-hydroxylation sites is 1. The van der Waals surface area contributed by atoms with Gasteiger partial charge in [-0.15, -0.1) is 0 Å². The van der Waals surface area contributed by atoms with Crippen molar-refractivity contribution in [1.82, 2.24) is 19.4 Å². The molecule has 0 unspecified atom stereocenters. The molecule has 2 N–H and O–H groups in total. The maximum atomic E-state index is 12.9. The van der Waals surface area contributed by atoms with Crippen molar-refractivity contribution < 1.29 is 14.3 Å². The Hall–Kier alpha value is -4.76. The van der Waals surface area contributed by atoms with Crippen molar-refractivity contribution in [3.8, 4) is 22.7 Å². The molecule has 186 valence electrons. The molecule has 0 bridgehead atoms. The second-order valence-electron chi connectivity index (χ2n) is 8.58. The van der Waals surface area contributed by atoms with Crippen molar-refractivity contribution in [3.05, 3.63) is 94.9 Å². The van der Waals surface area contributed by atoms with E-state index in [0.29, 0.717) is 39.5 Å². The van der Waals surface area contributed by atoms with Crippen molar-refractivity contribution in [2.24, 2.45) is 7.05 Å². The number of hydrogen-bond acceptors (Lipinski definition) is 7. The maximum absolute atomic E-state index is 12.9. The van der Waals surface area contributed by atoms with Gasteiger partial charge in [0.2, 0.25) is 5.89 Å². The molecule has 0 spiro atoms. The Morgan fingerprint density at radius 3 is 2.51 bits per heavy atom. The lowest BCUT2D eigenvalue weighted by atomic mass is 10.1. The molecule has 3 aromatic carbocycles. The molecule has 0 fully saturated rings. The highest BCUT2D eigenvalue weighted by atomic mass is 16.3. The van der Waals surface area contributed by atoms with E-state index in [-0.39, 0.29) is 30.4 Å². The molecule has 2 heterocycles. The molecule has 5 aromatic rings. The molecule has 2 aromatic heterocycles. The number of hydrogen-bond donors (Lipinski definition) is 2. The number of nitrogens with zero attached hydrogens (tertiary/aromatic N) is 4. The van der Waals surface area contributed by atoms with Crippen molar-refractivity contribution in [1.29, 1.82) is 0 Å². The van der Waals surface area contributed by atoms with Crippen molar-refractivity contribution in [3.63, 3.8) is 0 Å². The van der Waals surface area contributed by atoms with Crippen LogP contribution in [0.25, 0.3) is 33.8 Å². The molecule has 0 radical (unpaired) electrons. The van der Waals surface area contributed by atoms with Gasteiger partial charge >= 0.3 is 0 Å². The number of nitrogens with one attached hydrogen (secondary N) is 1. The van der Waals surface area contributed by atoms with Gasteiger partial charge in [-0.3, -0.25) is 9.59 Å². The van der Waals surface area contributed by atoms with Crippen LogP contribution in [0.5, 0.6) is 0 Å². The zero-order chi connectivity index (χ0) is 25.9. The first kappa shape index (κ1) is 24.0. The van der Waals surface area contributed by atoms with Crippen LogP contribution in [0.2, 0.25) is 0 Å². The van der Waals surface area contributed by atoms with Gasteiger partial charge < -0.3 is 24.3 Å². The van der Waals surface area contributed by atoms with E-state index in [0.717, 1.165) is 5.56 Å². The smallest absolute Gasteiger partial charge is 0.293 e. The average molecular weight is 496 g/mol. The number of aliphatic hydroxyl groups excluding tert-OH is 1. The van der Waals surface area contributed by atoms with E-state index in [1.54, 1.807) is 44.6 Å². The van der Waals surface area contributed by atoms with Crippen LogP contribution in [0.15, 0.2) is 88.2 Å². The Balaban J connectivity index is 1.48. The molecule has 9 nitrogen and oxygen atoms in total. The van der Waals surface area contributed by atoms with Crippen LogP contribution in [0.1, 0.15) is 10.4 Å². The normalized spacial score (nSPS) is 11.0. The van der Waals surface area contributed by atoms with Crippen LogP contribution in [-0.4, -0.2) is 50.6 Å². The third-order valence-corrected chi connectivity index (χ3v) is 5.96. The SMILES string of the molecule is CN(CCO)C(=O)c1ccc(Nc2nc(-c3cccc4nc(-c5ccccc5)oc34)cn(C)c2=O)cc1. The van der Waals surface area contributed by atoms with Crippen molar-refractivity contribution in [2.45, 2.75) is 0 Å². The molecule has 9 heteroatoms. The van der Waals surface area contributed by atoms with Gasteiger partial charge in [0.25, 0.3) is 11.5 Å². The van der Waals surface area contributed by atoms with E-state index in [1.807, 2.05) is 48.5 Å². The Morgan fingerprint density at radius 1 is 1.03 bits per heavy atom. The highest BCUT2D eigenvalue weighted by Crippen LogP contribution is 2.31. The van der Waals surface area contributed by atoms with E-state index in [1.165, 1.54) is 9.47 Å². The standard InChI is InChI=1S/C28H25N5O4/c1-32(15-16-34)27(35)19-11-13-20(14-12-19)29-25-28(36)33(2)17-23(30-25)21-9-6-10-22-24(21)37-26(31-22)18-7-4-3-5-8-18/h3-14,17,34H,15-16H2,1-2H3,(H,29,30). The number of aromatic nitrogens is 3. The minimum atomic E-state index is -0.304. The van der Waals surface area contributed by atoms with Crippen LogP contribution < -0.4 is 10.9 Å². The number of aliphatic hydroxyl groups is 1. The number of carbonyl (C=O) groups is 1. The first-order valence-electron chi connectivity index (χ1n) is 11.7. The summed E-state index contributed by atoms with van der Waals surface area (Å²) < 4.78 is 7.59. The predicted octanol–water partition coefficient (Wildman–Crippen LogP) is 4.06. The summed E-state index contributed by atoms with van der Waals surface area (Å²) in [6.07, 6.45) is 1.66. The van der Waals surface area contributed by atoms with E-state index < -0.39 is 0 Å². The number of carbonyl (C=O) groups excluding carboxylic acids is 1. The van der Waals surface area contributed by atoms with Gasteiger partial charge in [0.1, 0.15) is 5.52 Å². The third kappa shape index (κ3) is 4.85. The van der Waals surface area contributed by atoms with E-state index in [4.69, 9.17) is 9.52 Å². The summed E-state index contributed by atoms with van der Waals surface area (Å²) in [5.41, 5.74) is 4.16. The lowest BCUT2D eigenvalue weighted by Crippen LogP contribution is -2.29. The Bertz CT molecular complexity index is 1620. The van der Waals surface area contributed by atoms with Crippen LogP contribution in [-0.2, 0) is 7.05 Å². The molecule has 0 aliphatic rings. The highest BCUT2D eigenvalue weighted by Gasteiger charge is 2.16. The molecule has 5 rings (SSSR count). The van der Waals surface area contributed by atoms with Crippen LogP contribution >= 0.6 is 0 Å². The lowest BCUT2D eigenvalue weighted by Gasteiger charge is -2.16. The highest BCUT2D eigenvalue weighted by molar-refractivity contribution is 5.94. The van der Waals surface area contributed by atoms with Gasteiger partial charge in [-0.2, -0.15) is 0 Å². The number of oxazole rings is 1. The van der Waals surface area contributed by atoms with Gasteiger partial charge in [0, 0.05) is 49.2 Å². The molecule has 0 saturated carbocycles. The Labute approximate surface area is 212 Å². The van der Waals surface area contributed by atoms with E-state index in [2.05, 4.69) is 15.3 Å². The summed E-state index contributed by atoms with van der Waals surface area (Å²) in [6.45, 7) is 0.138. The molecule has 1 amide bonds. The number of aryl methyl sites for hydroxylation is 1. The third-order valence-electron chi connectivity index (χ3n) is 5.96. The summed E-state index contributed by atoms with van der Waals surface area (Å²) in [7, 11) is 3.29. The molecular weight excluding hydrogens is 470 g/mol. The number of rotatable bonds is 7. The van der Waals surface area contributed by atoms with Crippen molar-refractivity contribution >= 4 is 28.5 Å². The zero-order valence-corrected chi connectivity index (χ0v) is 20.4. The molecule has 0 atom stereocenters. The second kappa shape index (κ2) is 10.1. The number of likely N-dealkylation sites (N-methyl/N-ethyl adjacent to an activating group) is 1. The Kier molecular flexibility index (Phi) is 6.53. The molecule has 0 aliphatic carbocycles. The maximum Gasteiger partial charge on any atom is 0.293 e.